The monoisotopic (exact) mass is 331 g/mol. The molecule has 1 aromatic carbocycles. The van der Waals surface area contributed by atoms with Gasteiger partial charge in [0, 0.05) is 26.8 Å². The Morgan fingerprint density at radius 2 is 2.12 bits per heavy atom. The van der Waals surface area contributed by atoms with Crippen LogP contribution in [0, 0.1) is 0 Å². The molecule has 0 radical (unpaired) electrons. The van der Waals surface area contributed by atoms with E-state index in [1.54, 1.807) is 23.0 Å². The number of ether oxygens (including phenoxy) is 1. The van der Waals surface area contributed by atoms with Gasteiger partial charge in [-0.1, -0.05) is 12.1 Å². The Bertz CT molecular complexity index is 612. The molecule has 1 aromatic heterocycles. The molecule has 0 spiro atoms. The van der Waals surface area contributed by atoms with Crippen molar-refractivity contribution in [3.8, 4) is 5.69 Å². The topological polar surface area (TPSA) is 72.3 Å². The molecule has 2 aromatic rings. The first-order chi connectivity index (χ1) is 11.6. The molecule has 7 nitrogen and oxygen atoms in total. The number of amides is 2. The lowest BCUT2D eigenvalue weighted by atomic mass is 10.1. The van der Waals surface area contributed by atoms with Crippen LogP contribution in [0.15, 0.2) is 36.9 Å². The lowest BCUT2D eigenvalue weighted by molar-refractivity contribution is 0.143. The van der Waals surface area contributed by atoms with Crippen molar-refractivity contribution >= 4 is 6.03 Å². The van der Waals surface area contributed by atoms with Gasteiger partial charge in [-0.15, -0.1) is 0 Å². The molecule has 0 unspecified atom stereocenters. The molecule has 130 valence electrons. The first-order valence-electron chi connectivity index (χ1n) is 8.16. The number of hydrogen-bond donors (Lipinski definition) is 1. The van der Waals surface area contributed by atoms with Gasteiger partial charge < -0.3 is 15.0 Å². The molecule has 1 N–H and O–H groups in total. The van der Waals surface area contributed by atoms with Crippen LogP contribution in [-0.2, 0) is 4.74 Å². The summed E-state index contributed by atoms with van der Waals surface area (Å²) in [5, 5.41) is 7.01. The van der Waals surface area contributed by atoms with Crippen LogP contribution in [0.25, 0.3) is 5.69 Å². The molecule has 24 heavy (non-hydrogen) atoms. The van der Waals surface area contributed by atoms with E-state index in [1.165, 1.54) is 6.33 Å². The highest BCUT2D eigenvalue weighted by molar-refractivity contribution is 5.74. The molecule has 7 heteroatoms. The second-order valence-electron chi connectivity index (χ2n) is 5.50. The number of urea groups is 1. The van der Waals surface area contributed by atoms with E-state index < -0.39 is 0 Å². The fraction of sp³-hybridized carbons (Fsp3) is 0.471. The van der Waals surface area contributed by atoms with Gasteiger partial charge in [0.15, 0.2) is 0 Å². The summed E-state index contributed by atoms with van der Waals surface area (Å²) < 4.78 is 6.96. The normalized spacial score (nSPS) is 12.0. The number of hydrogen-bond acceptors (Lipinski definition) is 4. The fourth-order valence-corrected chi connectivity index (χ4v) is 2.29. The third kappa shape index (κ3) is 4.79. The number of aromatic nitrogens is 3. The van der Waals surface area contributed by atoms with Crippen molar-refractivity contribution in [1.82, 2.24) is 25.0 Å². The first-order valence-corrected chi connectivity index (χ1v) is 8.16. The van der Waals surface area contributed by atoms with Crippen molar-refractivity contribution in [2.24, 2.45) is 0 Å². The summed E-state index contributed by atoms with van der Waals surface area (Å²) in [6.45, 7) is 5.95. The largest absolute Gasteiger partial charge is 0.382 e. The molecule has 0 saturated carbocycles. The van der Waals surface area contributed by atoms with Gasteiger partial charge in [0.2, 0.25) is 0 Å². The van der Waals surface area contributed by atoms with Crippen LogP contribution in [0.1, 0.15) is 31.9 Å². The molecule has 1 atom stereocenters. The van der Waals surface area contributed by atoms with Crippen molar-refractivity contribution in [3.63, 3.8) is 0 Å². The van der Waals surface area contributed by atoms with E-state index in [4.69, 9.17) is 4.74 Å². The molecular formula is C17H25N5O2. The van der Waals surface area contributed by atoms with E-state index in [0.717, 1.165) is 17.7 Å². The molecule has 0 aliphatic rings. The van der Waals surface area contributed by atoms with Gasteiger partial charge in [-0.2, -0.15) is 5.10 Å². The van der Waals surface area contributed by atoms with Gasteiger partial charge in [-0.25, -0.2) is 14.5 Å². The first kappa shape index (κ1) is 17.9. The summed E-state index contributed by atoms with van der Waals surface area (Å²) in [4.78, 5) is 17.8. The van der Waals surface area contributed by atoms with E-state index >= 15 is 0 Å². The van der Waals surface area contributed by atoms with Gasteiger partial charge in [0.25, 0.3) is 0 Å². The number of carbonyl (C=O) groups excluding carboxylic acids is 1. The number of rotatable bonds is 8. The molecule has 2 amide bonds. The molecular weight excluding hydrogens is 306 g/mol. The molecule has 0 saturated heterocycles. The number of carbonyl (C=O) groups is 1. The number of benzene rings is 1. The maximum Gasteiger partial charge on any atom is 0.317 e. The maximum absolute atomic E-state index is 12.2. The minimum Gasteiger partial charge on any atom is -0.382 e. The SMILES string of the molecule is CCOCCCNC(=O)N(C)[C@@H](C)c1ccc(-n2cncn2)cc1. The van der Waals surface area contributed by atoms with Crippen molar-refractivity contribution < 1.29 is 9.53 Å². The van der Waals surface area contributed by atoms with E-state index in [-0.39, 0.29) is 12.1 Å². The van der Waals surface area contributed by atoms with Gasteiger partial charge in [0.05, 0.1) is 11.7 Å². The van der Waals surface area contributed by atoms with Crippen LogP contribution in [0.3, 0.4) is 0 Å². The minimum absolute atomic E-state index is 0.0262. The second-order valence-corrected chi connectivity index (χ2v) is 5.50. The zero-order chi connectivity index (χ0) is 17.4. The quantitative estimate of drug-likeness (QED) is 0.754. The lowest BCUT2D eigenvalue weighted by Gasteiger charge is -2.25. The van der Waals surface area contributed by atoms with Gasteiger partial charge in [-0.3, -0.25) is 0 Å². The molecule has 0 bridgehead atoms. The summed E-state index contributed by atoms with van der Waals surface area (Å²) in [6, 6.07) is 7.82. The van der Waals surface area contributed by atoms with Crippen molar-refractivity contribution in [3.05, 3.63) is 42.5 Å². The predicted molar refractivity (Wildman–Crippen MR) is 92.0 cm³/mol. The zero-order valence-electron chi connectivity index (χ0n) is 14.5. The second kappa shape index (κ2) is 9.02. The van der Waals surface area contributed by atoms with Gasteiger partial charge in [0.1, 0.15) is 12.7 Å². The van der Waals surface area contributed by atoms with E-state index in [9.17, 15) is 4.79 Å². The molecule has 0 aliphatic carbocycles. The summed E-state index contributed by atoms with van der Waals surface area (Å²) in [5.41, 5.74) is 2.00. The summed E-state index contributed by atoms with van der Waals surface area (Å²) in [5.74, 6) is 0. The van der Waals surface area contributed by atoms with Crippen LogP contribution in [-0.4, -0.2) is 52.5 Å². The van der Waals surface area contributed by atoms with Gasteiger partial charge >= 0.3 is 6.03 Å². The Balaban J connectivity index is 1.87. The number of nitrogens with one attached hydrogen (secondary N) is 1. The van der Waals surface area contributed by atoms with Crippen LogP contribution >= 0.6 is 0 Å². The predicted octanol–water partition coefficient (Wildman–Crippen LogP) is 2.40. The Labute approximate surface area is 142 Å². The zero-order valence-corrected chi connectivity index (χ0v) is 14.5. The average molecular weight is 331 g/mol. The van der Waals surface area contributed by atoms with Crippen LogP contribution in [0.2, 0.25) is 0 Å². The van der Waals surface area contributed by atoms with Crippen LogP contribution in [0.4, 0.5) is 4.79 Å². The third-order valence-corrected chi connectivity index (χ3v) is 3.91. The summed E-state index contributed by atoms with van der Waals surface area (Å²) in [6.07, 6.45) is 3.97. The number of nitrogens with zero attached hydrogens (tertiary/aromatic N) is 4. The van der Waals surface area contributed by atoms with E-state index in [2.05, 4.69) is 15.4 Å². The average Bonchev–Trinajstić information content (AvgIpc) is 3.15. The molecule has 2 rings (SSSR count). The third-order valence-electron chi connectivity index (χ3n) is 3.91. The smallest absolute Gasteiger partial charge is 0.317 e. The van der Waals surface area contributed by atoms with Crippen LogP contribution in [0.5, 0.6) is 0 Å². The fourth-order valence-electron chi connectivity index (χ4n) is 2.29. The summed E-state index contributed by atoms with van der Waals surface area (Å²) in [7, 11) is 1.80. The maximum atomic E-state index is 12.2. The Hall–Kier alpha value is -2.41. The highest BCUT2D eigenvalue weighted by Crippen LogP contribution is 2.20. The van der Waals surface area contributed by atoms with Gasteiger partial charge in [-0.05, 0) is 38.0 Å². The Morgan fingerprint density at radius 3 is 2.75 bits per heavy atom. The Kier molecular flexibility index (Phi) is 6.74. The van der Waals surface area contributed by atoms with Crippen molar-refractivity contribution in [1.29, 1.82) is 0 Å². The van der Waals surface area contributed by atoms with Crippen molar-refractivity contribution in [2.75, 3.05) is 26.8 Å². The highest BCUT2D eigenvalue weighted by atomic mass is 16.5. The summed E-state index contributed by atoms with van der Waals surface area (Å²) >= 11 is 0. The molecule has 0 fully saturated rings. The highest BCUT2D eigenvalue weighted by Gasteiger charge is 2.17. The van der Waals surface area contributed by atoms with E-state index in [1.807, 2.05) is 38.1 Å². The van der Waals surface area contributed by atoms with Crippen molar-refractivity contribution in [2.45, 2.75) is 26.3 Å². The standard InChI is InChI=1S/C17H25N5O2/c1-4-24-11-5-10-19-17(23)21(3)14(2)15-6-8-16(9-7-15)22-13-18-12-20-22/h6-9,12-14H,4-5,10-11H2,1-3H3,(H,19,23)/t14-/m0/s1. The molecule has 1 heterocycles. The lowest BCUT2D eigenvalue weighted by Crippen LogP contribution is -2.39. The van der Waals surface area contributed by atoms with E-state index in [0.29, 0.717) is 19.8 Å². The molecule has 0 aliphatic heterocycles. The minimum atomic E-state index is -0.0839. The Morgan fingerprint density at radius 1 is 1.38 bits per heavy atom. The van der Waals surface area contributed by atoms with Crippen LogP contribution < -0.4 is 5.32 Å².